The van der Waals surface area contributed by atoms with Gasteiger partial charge in [-0.1, -0.05) is 0 Å². The van der Waals surface area contributed by atoms with Crippen LogP contribution in [0, 0.1) is 0 Å². The van der Waals surface area contributed by atoms with Gasteiger partial charge >= 0.3 is 0 Å². The van der Waals surface area contributed by atoms with Crippen molar-refractivity contribution in [2.75, 3.05) is 38.7 Å². The van der Waals surface area contributed by atoms with Crippen molar-refractivity contribution in [2.24, 2.45) is 0 Å². The van der Waals surface area contributed by atoms with Gasteiger partial charge < -0.3 is 15.4 Å². The highest BCUT2D eigenvalue weighted by molar-refractivity contribution is 5.38. The molecule has 6 nitrogen and oxygen atoms in total. The maximum atomic E-state index is 11.7. The van der Waals surface area contributed by atoms with Crippen LogP contribution in [0.25, 0.3) is 0 Å². The lowest BCUT2D eigenvalue weighted by atomic mass is 10.4. The largest absolute Gasteiger partial charge is 0.382 e. The Morgan fingerprint density at radius 1 is 1.44 bits per heavy atom. The topological polar surface area (TPSA) is 68.2 Å². The number of rotatable bonds is 9. The number of nitrogens with one attached hydrogen (secondary N) is 2. The van der Waals surface area contributed by atoms with Crippen LogP contribution >= 0.6 is 0 Å². The van der Waals surface area contributed by atoms with Crippen molar-refractivity contribution in [1.29, 1.82) is 0 Å². The van der Waals surface area contributed by atoms with E-state index in [2.05, 4.69) is 15.7 Å². The Balaban J connectivity index is 2.44. The van der Waals surface area contributed by atoms with Gasteiger partial charge in [-0.15, -0.1) is 0 Å². The smallest absolute Gasteiger partial charge is 0.268 e. The predicted molar refractivity (Wildman–Crippen MR) is 72.0 cm³/mol. The number of nitrogens with zero attached hydrogens (tertiary/aromatic N) is 2. The first-order valence-electron chi connectivity index (χ1n) is 6.31. The molecule has 18 heavy (non-hydrogen) atoms. The molecule has 0 radical (unpaired) electrons. The minimum absolute atomic E-state index is 0.0824. The molecule has 2 N–H and O–H groups in total. The third-order valence-electron chi connectivity index (χ3n) is 2.44. The molecule has 0 saturated heterocycles. The molecule has 1 aromatic heterocycles. The molecule has 1 aromatic rings. The summed E-state index contributed by atoms with van der Waals surface area (Å²) in [5.41, 5.74) is 0.678. The van der Waals surface area contributed by atoms with Gasteiger partial charge in [0, 0.05) is 38.9 Å². The third kappa shape index (κ3) is 5.29. The zero-order valence-electron chi connectivity index (χ0n) is 11.1. The van der Waals surface area contributed by atoms with Crippen LogP contribution in [-0.2, 0) is 11.3 Å². The molecule has 0 amide bonds. The molecule has 0 aliphatic rings. The Kier molecular flexibility index (Phi) is 7.05. The van der Waals surface area contributed by atoms with E-state index >= 15 is 0 Å². The summed E-state index contributed by atoms with van der Waals surface area (Å²) in [6.07, 6.45) is 2.48. The van der Waals surface area contributed by atoms with Crippen LogP contribution in [0.3, 0.4) is 0 Å². The van der Waals surface area contributed by atoms with Crippen LogP contribution in [0.2, 0.25) is 0 Å². The fraction of sp³-hybridized carbons (Fsp3) is 0.667. The molecule has 6 heteroatoms. The van der Waals surface area contributed by atoms with Gasteiger partial charge in [0.15, 0.2) is 0 Å². The number of aromatic nitrogens is 2. The standard InChI is InChI=1S/C12H22N4O2/c1-3-18-8-4-7-16-12(17)9-11(10-15-16)14-6-5-13-2/h9-10,13-14H,3-8H2,1-2H3. The van der Waals surface area contributed by atoms with Crippen molar-refractivity contribution in [3.05, 3.63) is 22.6 Å². The Morgan fingerprint density at radius 2 is 2.28 bits per heavy atom. The highest BCUT2D eigenvalue weighted by atomic mass is 16.5. The fourth-order valence-corrected chi connectivity index (χ4v) is 1.49. The molecule has 0 bridgehead atoms. The van der Waals surface area contributed by atoms with Crippen molar-refractivity contribution in [3.63, 3.8) is 0 Å². The molecule has 0 aromatic carbocycles. The van der Waals surface area contributed by atoms with Gasteiger partial charge in [-0.2, -0.15) is 5.10 Å². The van der Waals surface area contributed by atoms with Crippen LogP contribution in [0.5, 0.6) is 0 Å². The lowest BCUT2D eigenvalue weighted by molar-refractivity contribution is 0.140. The van der Waals surface area contributed by atoms with Gasteiger partial charge in [-0.25, -0.2) is 4.68 Å². The molecule has 0 fully saturated rings. The SMILES string of the molecule is CCOCCCn1ncc(NCCNC)cc1=O. The lowest BCUT2D eigenvalue weighted by Gasteiger charge is -2.07. The summed E-state index contributed by atoms with van der Waals surface area (Å²) < 4.78 is 6.68. The average molecular weight is 254 g/mol. The summed E-state index contributed by atoms with van der Waals surface area (Å²) in [6.45, 7) is 5.53. The van der Waals surface area contributed by atoms with Crippen molar-refractivity contribution in [3.8, 4) is 0 Å². The normalized spacial score (nSPS) is 10.6. The van der Waals surface area contributed by atoms with Crippen molar-refractivity contribution < 1.29 is 4.74 Å². The summed E-state index contributed by atoms with van der Waals surface area (Å²) in [4.78, 5) is 11.7. The van der Waals surface area contributed by atoms with Gasteiger partial charge in [-0.05, 0) is 20.4 Å². The quantitative estimate of drug-likeness (QED) is 0.620. The van der Waals surface area contributed by atoms with E-state index in [0.717, 1.165) is 25.2 Å². The molecule has 0 aliphatic carbocycles. The summed E-state index contributed by atoms with van der Waals surface area (Å²) >= 11 is 0. The number of ether oxygens (including phenoxy) is 1. The molecular formula is C12H22N4O2. The van der Waals surface area contributed by atoms with E-state index in [0.29, 0.717) is 19.8 Å². The maximum Gasteiger partial charge on any atom is 0.268 e. The maximum absolute atomic E-state index is 11.7. The zero-order valence-corrected chi connectivity index (χ0v) is 11.1. The van der Waals surface area contributed by atoms with Crippen molar-refractivity contribution >= 4 is 5.69 Å². The first kappa shape index (κ1) is 14.7. The monoisotopic (exact) mass is 254 g/mol. The van der Waals surface area contributed by atoms with E-state index in [9.17, 15) is 4.79 Å². The Hall–Kier alpha value is -1.40. The highest BCUT2D eigenvalue weighted by Gasteiger charge is 1.99. The Labute approximate surface area is 107 Å². The molecule has 0 spiro atoms. The first-order chi connectivity index (χ1) is 8.77. The zero-order chi connectivity index (χ0) is 13.2. The summed E-state index contributed by atoms with van der Waals surface area (Å²) in [6, 6.07) is 1.57. The highest BCUT2D eigenvalue weighted by Crippen LogP contribution is 1.98. The van der Waals surface area contributed by atoms with Gasteiger partial charge in [0.2, 0.25) is 0 Å². The first-order valence-corrected chi connectivity index (χ1v) is 6.31. The van der Waals surface area contributed by atoms with E-state index in [-0.39, 0.29) is 5.56 Å². The van der Waals surface area contributed by atoms with Crippen LogP contribution in [0.15, 0.2) is 17.1 Å². The van der Waals surface area contributed by atoms with Gasteiger partial charge in [0.25, 0.3) is 5.56 Å². The van der Waals surface area contributed by atoms with E-state index in [1.54, 1.807) is 12.3 Å². The van der Waals surface area contributed by atoms with Crippen LogP contribution in [0.4, 0.5) is 5.69 Å². The molecular weight excluding hydrogens is 232 g/mol. The number of hydrogen-bond acceptors (Lipinski definition) is 5. The molecule has 0 unspecified atom stereocenters. The molecule has 0 atom stereocenters. The van der Waals surface area contributed by atoms with Crippen LogP contribution in [0.1, 0.15) is 13.3 Å². The second kappa shape index (κ2) is 8.66. The Morgan fingerprint density at radius 3 is 2.94 bits per heavy atom. The van der Waals surface area contributed by atoms with Gasteiger partial charge in [-0.3, -0.25) is 4.79 Å². The number of anilines is 1. The lowest BCUT2D eigenvalue weighted by Crippen LogP contribution is -2.24. The molecule has 1 rings (SSSR count). The number of aryl methyl sites for hydroxylation is 1. The average Bonchev–Trinajstić information content (AvgIpc) is 2.37. The number of hydrogen-bond donors (Lipinski definition) is 2. The minimum atomic E-state index is -0.0824. The van der Waals surface area contributed by atoms with Gasteiger partial charge in [0.1, 0.15) is 0 Å². The second-order valence-corrected chi connectivity index (χ2v) is 3.89. The van der Waals surface area contributed by atoms with Crippen LogP contribution in [-0.4, -0.2) is 43.1 Å². The van der Waals surface area contributed by atoms with E-state index in [4.69, 9.17) is 4.74 Å². The molecule has 0 aliphatic heterocycles. The van der Waals surface area contributed by atoms with Crippen molar-refractivity contribution in [2.45, 2.75) is 19.9 Å². The predicted octanol–water partition coefficient (Wildman–Crippen LogP) is 0.301. The molecule has 102 valence electrons. The van der Waals surface area contributed by atoms with Gasteiger partial charge in [0.05, 0.1) is 11.9 Å². The number of likely N-dealkylation sites (N-methyl/N-ethyl adjacent to an activating group) is 1. The van der Waals surface area contributed by atoms with E-state index < -0.39 is 0 Å². The van der Waals surface area contributed by atoms with E-state index in [1.165, 1.54) is 4.68 Å². The molecule has 0 saturated carbocycles. The fourth-order valence-electron chi connectivity index (χ4n) is 1.49. The minimum Gasteiger partial charge on any atom is -0.382 e. The van der Waals surface area contributed by atoms with Crippen LogP contribution < -0.4 is 16.2 Å². The summed E-state index contributed by atoms with van der Waals surface area (Å²) in [5.74, 6) is 0. The van der Waals surface area contributed by atoms with Crippen molar-refractivity contribution in [1.82, 2.24) is 15.1 Å². The Bertz CT molecular complexity index is 392. The van der Waals surface area contributed by atoms with E-state index in [1.807, 2.05) is 14.0 Å². The summed E-state index contributed by atoms with van der Waals surface area (Å²) in [5, 5.41) is 10.3. The second-order valence-electron chi connectivity index (χ2n) is 3.89. The molecule has 1 heterocycles. The summed E-state index contributed by atoms with van der Waals surface area (Å²) in [7, 11) is 1.89. The third-order valence-corrected chi connectivity index (χ3v) is 2.44.